The predicted molar refractivity (Wildman–Crippen MR) is 95.5 cm³/mol. The van der Waals surface area contributed by atoms with Gasteiger partial charge in [-0.05, 0) is 19.4 Å². The lowest BCUT2D eigenvalue weighted by Crippen LogP contribution is -2.34. The number of thiophene rings is 1. The summed E-state index contributed by atoms with van der Waals surface area (Å²) in [6, 6.07) is 1.22. The molecule has 2 amide bonds. The van der Waals surface area contributed by atoms with Gasteiger partial charge < -0.3 is 20.5 Å². The summed E-state index contributed by atoms with van der Waals surface area (Å²) in [7, 11) is 1.40. The largest absolute Gasteiger partial charge is 0.488 e. The van der Waals surface area contributed by atoms with Crippen LogP contribution in [0.4, 0.5) is 4.39 Å². The molecule has 0 saturated carbocycles. The number of nitrogens with zero attached hydrogens (tertiary/aromatic N) is 1. The fourth-order valence-electron chi connectivity index (χ4n) is 3.20. The lowest BCUT2D eigenvalue weighted by molar-refractivity contribution is -0.123. The summed E-state index contributed by atoms with van der Waals surface area (Å²) in [5, 5.41) is 2.64. The Kier molecular flexibility index (Phi) is 4.99. The van der Waals surface area contributed by atoms with Gasteiger partial charge in [0.05, 0.1) is 17.9 Å². The van der Waals surface area contributed by atoms with E-state index in [-0.39, 0.29) is 18.1 Å². The first-order valence-electron chi connectivity index (χ1n) is 8.22. The average molecular weight is 381 g/mol. The molecule has 1 fully saturated rings. The van der Waals surface area contributed by atoms with Gasteiger partial charge in [-0.1, -0.05) is 6.92 Å². The van der Waals surface area contributed by atoms with E-state index in [9.17, 15) is 14.0 Å². The number of hydrogen-bond acceptors (Lipinski definition) is 6. The van der Waals surface area contributed by atoms with E-state index in [1.54, 1.807) is 6.07 Å². The zero-order valence-electron chi connectivity index (χ0n) is 14.7. The zero-order chi connectivity index (χ0) is 19.0. The Hall–Kier alpha value is -2.42. The van der Waals surface area contributed by atoms with Gasteiger partial charge >= 0.3 is 0 Å². The molecular weight excluding hydrogens is 361 g/mol. The van der Waals surface area contributed by atoms with Crippen LogP contribution in [0.1, 0.15) is 28.6 Å². The fraction of sp³-hybridized carbons (Fsp3) is 0.471. The smallest absolute Gasteiger partial charge is 0.255 e. The van der Waals surface area contributed by atoms with Gasteiger partial charge in [0.2, 0.25) is 5.88 Å². The van der Waals surface area contributed by atoms with Crippen LogP contribution in [0.5, 0.6) is 11.6 Å². The number of fused-ring (bicyclic) bond motifs is 1. The molecule has 2 aromatic rings. The minimum absolute atomic E-state index is 0.122. The number of aromatic nitrogens is 1. The highest BCUT2D eigenvalue weighted by Gasteiger charge is 2.41. The second-order valence-electron chi connectivity index (χ2n) is 6.14. The molecule has 0 bridgehead atoms. The lowest BCUT2D eigenvalue weighted by Gasteiger charge is -2.18. The van der Waals surface area contributed by atoms with Gasteiger partial charge in [0.25, 0.3) is 11.8 Å². The molecule has 7 nitrogen and oxygen atoms in total. The van der Waals surface area contributed by atoms with Crippen LogP contribution in [0.2, 0.25) is 0 Å². The van der Waals surface area contributed by atoms with E-state index in [1.807, 2.05) is 13.8 Å². The number of carbonyl (C=O) groups is 2. The first-order chi connectivity index (χ1) is 12.4. The number of carbonyl (C=O) groups excluding carboxylic acids is 2. The molecule has 1 aliphatic rings. The average Bonchev–Trinajstić information content (AvgIpc) is 3.06. The Labute approximate surface area is 153 Å². The SMILES string of the molecule is CC[C@@H]1[C@H](F)C(=O)N[C@@H]1COc1c(C)sc2cc(C(N)=O)c(OC)nc12. The number of halogens is 1. The lowest BCUT2D eigenvalue weighted by atomic mass is 9.97. The number of methoxy groups -OCH3 is 1. The highest BCUT2D eigenvalue weighted by molar-refractivity contribution is 7.19. The third kappa shape index (κ3) is 3.07. The van der Waals surface area contributed by atoms with Gasteiger partial charge in [0.1, 0.15) is 17.7 Å². The number of amides is 2. The minimum Gasteiger partial charge on any atom is -0.488 e. The molecule has 1 saturated heterocycles. The van der Waals surface area contributed by atoms with Crippen molar-refractivity contribution in [1.29, 1.82) is 0 Å². The van der Waals surface area contributed by atoms with Crippen LogP contribution in [-0.2, 0) is 4.79 Å². The number of alkyl halides is 1. The number of ether oxygens (including phenoxy) is 2. The van der Waals surface area contributed by atoms with Crippen LogP contribution in [-0.4, -0.2) is 42.7 Å². The zero-order valence-corrected chi connectivity index (χ0v) is 15.5. The number of aryl methyl sites for hydroxylation is 1. The van der Waals surface area contributed by atoms with Crippen LogP contribution in [0, 0.1) is 12.8 Å². The molecular formula is C17H20FN3O4S. The number of nitrogens with one attached hydrogen (secondary N) is 1. The maximum Gasteiger partial charge on any atom is 0.255 e. The van der Waals surface area contributed by atoms with Crippen LogP contribution in [0.15, 0.2) is 6.07 Å². The predicted octanol–water partition coefficient (Wildman–Crippen LogP) is 1.95. The van der Waals surface area contributed by atoms with Gasteiger partial charge in [0, 0.05) is 10.8 Å². The number of primary amides is 1. The first kappa shape index (κ1) is 18.4. The molecule has 140 valence electrons. The molecule has 0 spiro atoms. The van der Waals surface area contributed by atoms with Crippen molar-refractivity contribution >= 4 is 33.4 Å². The minimum atomic E-state index is -1.51. The summed E-state index contributed by atoms with van der Waals surface area (Å²) >= 11 is 1.41. The van der Waals surface area contributed by atoms with Crippen molar-refractivity contribution in [2.24, 2.45) is 11.7 Å². The van der Waals surface area contributed by atoms with Crippen LogP contribution >= 0.6 is 11.3 Å². The molecule has 3 atom stereocenters. The van der Waals surface area contributed by atoms with Gasteiger partial charge in [-0.25, -0.2) is 9.37 Å². The fourth-order valence-corrected chi connectivity index (χ4v) is 4.19. The summed E-state index contributed by atoms with van der Waals surface area (Å²) < 4.78 is 25.7. The maximum atomic E-state index is 13.9. The number of pyridine rings is 1. The molecule has 0 aliphatic carbocycles. The molecule has 3 heterocycles. The Morgan fingerprint density at radius 1 is 1.50 bits per heavy atom. The van der Waals surface area contributed by atoms with Gasteiger partial charge in [-0.3, -0.25) is 9.59 Å². The Morgan fingerprint density at radius 3 is 2.85 bits per heavy atom. The summed E-state index contributed by atoms with van der Waals surface area (Å²) in [4.78, 5) is 28.3. The summed E-state index contributed by atoms with van der Waals surface area (Å²) in [6.45, 7) is 3.84. The van der Waals surface area contributed by atoms with Crippen molar-refractivity contribution in [3.05, 3.63) is 16.5 Å². The maximum absolute atomic E-state index is 13.9. The topological polar surface area (TPSA) is 104 Å². The third-order valence-electron chi connectivity index (χ3n) is 4.56. The van der Waals surface area contributed by atoms with E-state index in [2.05, 4.69) is 10.3 Å². The normalized spacial score (nSPS) is 22.5. The monoisotopic (exact) mass is 381 g/mol. The standard InChI is InChI=1S/C17H20FN3O4S/c1-4-8-10(20-16(23)12(8)18)6-25-14-7(2)26-11-5-9(15(19)22)17(24-3)21-13(11)14/h5,8,10,12H,4,6H2,1-3H3,(H2,19,22)(H,20,23)/t8-,10+,12-/m0/s1. The van der Waals surface area contributed by atoms with E-state index in [0.29, 0.717) is 17.7 Å². The molecule has 0 unspecified atom stereocenters. The molecule has 1 aliphatic heterocycles. The number of rotatable bonds is 6. The second-order valence-corrected chi connectivity index (χ2v) is 7.40. The van der Waals surface area contributed by atoms with Crippen LogP contribution < -0.4 is 20.5 Å². The number of nitrogens with two attached hydrogens (primary N) is 1. The molecule has 3 N–H and O–H groups in total. The summed E-state index contributed by atoms with van der Waals surface area (Å²) in [6.07, 6.45) is -0.976. The molecule has 3 rings (SSSR count). The van der Waals surface area contributed by atoms with E-state index >= 15 is 0 Å². The molecule has 0 aromatic carbocycles. The Bertz CT molecular complexity index is 869. The second kappa shape index (κ2) is 7.06. The van der Waals surface area contributed by atoms with E-state index in [1.165, 1.54) is 18.4 Å². The summed E-state index contributed by atoms with van der Waals surface area (Å²) in [5.74, 6) is -0.985. The van der Waals surface area contributed by atoms with Crippen LogP contribution in [0.3, 0.4) is 0 Å². The Balaban J connectivity index is 1.90. The molecule has 9 heteroatoms. The van der Waals surface area contributed by atoms with Crippen molar-refractivity contribution < 1.29 is 23.5 Å². The highest BCUT2D eigenvalue weighted by Crippen LogP contribution is 2.39. The Morgan fingerprint density at radius 2 is 2.23 bits per heavy atom. The van der Waals surface area contributed by atoms with Crippen molar-refractivity contribution in [2.75, 3.05) is 13.7 Å². The van der Waals surface area contributed by atoms with Gasteiger partial charge in [-0.2, -0.15) is 0 Å². The molecule has 2 aromatic heterocycles. The van der Waals surface area contributed by atoms with E-state index in [4.69, 9.17) is 15.2 Å². The summed E-state index contributed by atoms with van der Waals surface area (Å²) in [5.41, 5.74) is 6.10. The van der Waals surface area contributed by atoms with Crippen molar-refractivity contribution in [1.82, 2.24) is 10.3 Å². The highest BCUT2D eigenvalue weighted by atomic mass is 32.1. The molecule has 0 radical (unpaired) electrons. The number of hydrogen-bond donors (Lipinski definition) is 2. The third-order valence-corrected chi connectivity index (χ3v) is 5.58. The van der Waals surface area contributed by atoms with Gasteiger partial charge in [-0.15, -0.1) is 11.3 Å². The first-order valence-corrected chi connectivity index (χ1v) is 9.04. The molecule has 26 heavy (non-hydrogen) atoms. The van der Waals surface area contributed by atoms with Gasteiger partial charge in [0.15, 0.2) is 11.9 Å². The van der Waals surface area contributed by atoms with Crippen molar-refractivity contribution in [2.45, 2.75) is 32.5 Å². The quantitative estimate of drug-likeness (QED) is 0.796. The van der Waals surface area contributed by atoms with E-state index in [0.717, 1.165) is 9.58 Å². The van der Waals surface area contributed by atoms with Crippen molar-refractivity contribution in [3.8, 4) is 11.6 Å². The van der Waals surface area contributed by atoms with E-state index < -0.39 is 29.9 Å². The van der Waals surface area contributed by atoms with Crippen LogP contribution in [0.25, 0.3) is 10.2 Å². The van der Waals surface area contributed by atoms with Crippen molar-refractivity contribution in [3.63, 3.8) is 0 Å².